The minimum Gasteiger partial charge on any atom is -0.444 e. The summed E-state index contributed by atoms with van der Waals surface area (Å²) in [5.74, 6) is 0. The highest BCUT2D eigenvalue weighted by Crippen LogP contribution is 2.29. The van der Waals surface area contributed by atoms with Crippen molar-refractivity contribution >= 4 is 6.09 Å². The second-order valence-electron chi connectivity index (χ2n) is 5.11. The minimum absolute atomic E-state index is 0.0633. The van der Waals surface area contributed by atoms with Crippen molar-refractivity contribution in [1.82, 2.24) is 4.90 Å². The van der Waals surface area contributed by atoms with Gasteiger partial charge in [-0.25, -0.2) is 9.18 Å². The van der Waals surface area contributed by atoms with Crippen LogP contribution in [0.1, 0.15) is 34.1 Å². The molecule has 15 heavy (non-hydrogen) atoms. The van der Waals surface area contributed by atoms with E-state index in [-0.39, 0.29) is 13.0 Å². The molecule has 0 saturated carbocycles. The van der Waals surface area contributed by atoms with Gasteiger partial charge >= 0.3 is 6.09 Å². The highest BCUT2D eigenvalue weighted by Gasteiger charge is 2.45. The summed E-state index contributed by atoms with van der Waals surface area (Å²) in [5, 5.41) is 9.78. The Bertz CT molecular complexity index is 260. The molecule has 1 saturated heterocycles. The molecule has 0 aromatic heterocycles. The fourth-order valence-electron chi connectivity index (χ4n) is 1.58. The Balaban J connectivity index is 2.68. The third-order valence-electron chi connectivity index (χ3n) is 2.18. The standard InChI is InChI=1S/C10H18FNO3/c1-9(2,3)15-8(13)12-6-7(11)5-10(12,4)14/h7,14H,5-6H2,1-4H3/t7-,10-/m0/s1. The topological polar surface area (TPSA) is 49.8 Å². The largest absolute Gasteiger partial charge is 0.444 e. The third-order valence-corrected chi connectivity index (χ3v) is 2.18. The molecule has 0 radical (unpaired) electrons. The number of ether oxygens (including phenoxy) is 1. The van der Waals surface area contributed by atoms with Gasteiger partial charge < -0.3 is 9.84 Å². The SMILES string of the molecule is CC(C)(C)OC(=O)N1C[C@@H](F)C[C@]1(C)O. The Morgan fingerprint density at radius 3 is 2.47 bits per heavy atom. The van der Waals surface area contributed by atoms with Crippen molar-refractivity contribution in [2.45, 2.75) is 51.6 Å². The predicted octanol–water partition coefficient (Wildman–Crippen LogP) is 1.67. The molecule has 1 aliphatic heterocycles. The number of carbonyl (C=O) groups excluding carboxylic acids is 1. The first kappa shape index (κ1) is 12.2. The summed E-state index contributed by atoms with van der Waals surface area (Å²) in [6, 6.07) is 0. The van der Waals surface area contributed by atoms with E-state index in [9.17, 15) is 14.3 Å². The molecule has 1 rings (SSSR count). The van der Waals surface area contributed by atoms with Gasteiger partial charge in [-0.15, -0.1) is 0 Å². The van der Waals surface area contributed by atoms with Crippen LogP contribution in [0, 0.1) is 0 Å². The zero-order chi connectivity index (χ0) is 11.9. The normalized spacial score (nSPS) is 31.9. The minimum atomic E-state index is -1.44. The summed E-state index contributed by atoms with van der Waals surface area (Å²) in [6.45, 7) is 6.48. The maximum Gasteiger partial charge on any atom is 0.412 e. The second-order valence-corrected chi connectivity index (χ2v) is 5.11. The van der Waals surface area contributed by atoms with Crippen molar-refractivity contribution in [1.29, 1.82) is 0 Å². The van der Waals surface area contributed by atoms with E-state index < -0.39 is 23.6 Å². The number of nitrogens with zero attached hydrogens (tertiary/aromatic N) is 1. The first-order valence-corrected chi connectivity index (χ1v) is 4.99. The molecule has 1 heterocycles. The average molecular weight is 219 g/mol. The first-order chi connectivity index (χ1) is 6.62. The van der Waals surface area contributed by atoms with Crippen LogP contribution in [0.3, 0.4) is 0 Å². The van der Waals surface area contributed by atoms with Crippen LogP contribution in [0.15, 0.2) is 0 Å². The molecule has 5 heteroatoms. The molecule has 1 N–H and O–H groups in total. The Hall–Kier alpha value is -0.840. The van der Waals surface area contributed by atoms with E-state index in [2.05, 4.69) is 0 Å². The van der Waals surface area contributed by atoms with Crippen LogP contribution in [0.4, 0.5) is 9.18 Å². The molecule has 0 bridgehead atoms. The van der Waals surface area contributed by atoms with E-state index in [4.69, 9.17) is 4.74 Å². The number of alkyl halides is 1. The van der Waals surface area contributed by atoms with Crippen LogP contribution >= 0.6 is 0 Å². The number of amides is 1. The van der Waals surface area contributed by atoms with E-state index in [1.165, 1.54) is 6.92 Å². The van der Waals surface area contributed by atoms with Crippen LogP contribution in [0.5, 0.6) is 0 Å². The van der Waals surface area contributed by atoms with Gasteiger partial charge in [-0.3, -0.25) is 4.90 Å². The predicted molar refractivity (Wildman–Crippen MR) is 53.1 cm³/mol. The quantitative estimate of drug-likeness (QED) is 0.674. The lowest BCUT2D eigenvalue weighted by Gasteiger charge is -2.31. The molecule has 2 atom stereocenters. The van der Waals surface area contributed by atoms with E-state index in [0.29, 0.717) is 0 Å². The number of halogens is 1. The summed E-state index contributed by atoms with van der Waals surface area (Å²) < 4.78 is 18.1. The summed E-state index contributed by atoms with van der Waals surface area (Å²) in [7, 11) is 0. The molecule has 88 valence electrons. The lowest BCUT2D eigenvalue weighted by atomic mass is 10.2. The Kier molecular flexibility index (Phi) is 2.96. The van der Waals surface area contributed by atoms with Crippen LogP contribution in [0.2, 0.25) is 0 Å². The number of rotatable bonds is 0. The van der Waals surface area contributed by atoms with Crippen molar-refractivity contribution in [2.24, 2.45) is 0 Å². The van der Waals surface area contributed by atoms with E-state index in [1.807, 2.05) is 0 Å². The molecule has 1 amide bonds. The van der Waals surface area contributed by atoms with Crippen LogP contribution in [-0.2, 0) is 4.74 Å². The molecule has 0 unspecified atom stereocenters. The van der Waals surface area contributed by atoms with Crippen molar-refractivity contribution < 1.29 is 19.0 Å². The summed E-state index contributed by atoms with van der Waals surface area (Å²) in [6.07, 6.45) is -1.92. The summed E-state index contributed by atoms with van der Waals surface area (Å²) in [4.78, 5) is 12.6. The van der Waals surface area contributed by atoms with E-state index in [0.717, 1.165) is 4.90 Å². The van der Waals surface area contributed by atoms with Crippen molar-refractivity contribution in [3.8, 4) is 0 Å². The Morgan fingerprint density at radius 1 is 1.60 bits per heavy atom. The van der Waals surface area contributed by atoms with Gasteiger partial charge in [0.1, 0.15) is 17.5 Å². The zero-order valence-electron chi connectivity index (χ0n) is 9.58. The average Bonchev–Trinajstić information content (AvgIpc) is 2.20. The lowest BCUT2D eigenvalue weighted by molar-refractivity contribution is -0.0712. The van der Waals surface area contributed by atoms with Crippen LogP contribution in [0.25, 0.3) is 0 Å². The highest BCUT2D eigenvalue weighted by atomic mass is 19.1. The smallest absolute Gasteiger partial charge is 0.412 e. The molecule has 1 fully saturated rings. The van der Waals surface area contributed by atoms with Crippen LogP contribution in [-0.4, -0.2) is 40.1 Å². The molecular formula is C10H18FNO3. The van der Waals surface area contributed by atoms with E-state index >= 15 is 0 Å². The van der Waals surface area contributed by atoms with Gasteiger partial charge in [0.2, 0.25) is 0 Å². The van der Waals surface area contributed by atoms with Gasteiger partial charge in [-0.2, -0.15) is 0 Å². The number of hydrogen-bond acceptors (Lipinski definition) is 3. The monoisotopic (exact) mass is 219 g/mol. The number of carbonyl (C=O) groups is 1. The Morgan fingerprint density at radius 2 is 2.13 bits per heavy atom. The lowest BCUT2D eigenvalue weighted by Crippen LogP contribution is -2.47. The van der Waals surface area contributed by atoms with Gasteiger partial charge in [0.05, 0.1) is 6.54 Å². The number of likely N-dealkylation sites (tertiary alicyclic amines) is 1. The fraction of sp³-hybridized carbons (Fsp3) is 0.900. The molecule has 0 aromatic rings. The zero-order valence-corrected chi connectivity index (χ0v) is 9.58. The molecule has 0 spiro atoms. The molecule has 4 nitrogen and oxygen atoms in total. The summed E-state index contributed by atoms with van der Waals surface area (Å²) in [5.41, 5.74) is -2.08. The maximum atomic E-state index is 13.1. The molecule has 0 aromatic carbocycles. The molecule has 1 aliphatic rings. The number of aliphatic hydroxyl groups is 1. The van der Waals surface area contributed by atoms with Gasteiger partial charge in [0, 0.05) is 6.42 Å². The third kappa shape index (κ3) is 3.06. The van der Waals surface area contributed by atoms with Crippen molar-refractivity contribution in [3.05, 3.63) is 0 Å². The fourth-order valence-corrected chi connectivity index (χ4v) is 1.58. The van der Waals surface area contributed by atoms with Gasteiger partial charge in [-0.1, -0.05) is 0 Å². The van der Waals surface area contributed by atoms with Crippen LogP contribution < -0.4 is 0 Å². The highest BCUT2D eigenvalue weighted by molar-refractivity contribution is 5.69. The van der Waals surface area contributed by atoms with E-state index in [1.54, 1.807) is 20.8 Å². The van der Waals surface area contributed by atoms with Crippen molar-refractivity contribution in [3.63, 3.8) is 0 Å². The van der Waals surface area contributed by atoms with Gasteiger partial charge in [0.15, 0.2) is 0 Å². The number of hydrogen-bond donors (Lipinski definition) is 1. The summed E-state index contributed by atoms with van der Waals surface area (Å²) >= 11 is 0. The maximum absolute atomic E-state index is 13.1. The Labute approximate surface area is 89.0 Å². The second kappa shape index (κ2) is 3.63. The first-order valence-electron chi connectivity index (χ1n) is 4.99. The van der Waals surface area contributed by atoms with Crippen molar-refractivity contribution in [2.75, 3.05) is 6.54 Å². The molecule has 0 aliphatic carbocycles. The van der Waals surface area contributed by atoms with Gasteiger partial charge in [0.25, 0.3) is 0 Å². The molecular weight excluding hydrogens is 201 g/mol. The van der Waals surface area contributed by atoms with Gasteiger partial charge in [-0.05, 0) is 27.7 Å².